The van der Waals surface area contributed by atoms with Crippen LogP contribution in [0.4, 0.5) is 5.69 Å². The second-order valence-corrected chi connectivity index (χ2v) is 6.66. The molecule has 2 amide bonds. The zero-order chi connectivity index (χ0) is 15.5. The maximum atomic E-state index is 12.4. The number of anilines is 1. The van der Waals surface area contributed by atoms with Crippen LogP contribution in [0, 0.1) is 5.92 Å². The molecule has 2 aliphatic rings. The first-order chi connectivity index (χ1) is 10.6. The van der Waals surface area contributed by atoms with Crippen LogP contribution in [0.25, 0.3) is 0 Å². The lowest BCUT2D eigenvalue weighted by Gasteiger charge is -2.20. The van der Waals surface area contributed by atoms with Gasteiger partial charge in [0.05, 0.1) is 17.7 Å². The maximum Gasteiger partial charge on any atom is 0.229 e. The molecule has 0 bridgehead atoms. The van der Waals surface area contributed by atoms with E-state index in [1.807, 2.05) is 24.3 Å². The zero-order valence-corrected chi connectivity index (χ0v) is 13.8. The van der Waals surface area contributed by atoms with E-state index >= 15 is 0 Å². The number of carbonyl (C=O) groups is 2. The van der Waals surface area contributed by atoms with E-state index < -0.39 is 0 Å². The number of amides is 2. The van der Waals surface area contributed by atoms with Crippen LogP contribution < -0.4 is 5.32 Å². The fourth-order valence-electron chi connectivity index (χ4n) is 2.96. The third-order valence-electron chi connectivity index (χ3n) is 4.17. The molecule has 2 heterocycles. The quantitative estimate of drug-likeness (QED) is 0.889. The number of rotatable bonds is 4. The molecule has 0 radical (unpaired) electrons. The Morgan fingerprint density at radius 1 is 1.41 bits per heavy atom. The van der Waals surface area contributed by atoms with Gasteiger partial charge in [-0.05, 0) is 40.9 Å². The molecule has 2 fully saturated rings. The van der Waals surface area contributed by atoms with E-state index in [1.54, 1.807) is 4.90 Å². The smallest absolute Gasteiger partial charge is 0.229 e. The summed E-state index contributed by atoms with van der Waals surface area (Å²) in [5.74, 6) is -0.348. The van der Waals surface area contributed by atoms with Crippen molar-refractivity contribution in [1.82, 2.24) is 4.90 Å². The third kappa shape index (κ3) is 3.50. The van der Waals surface area contributed by atoms with Gasteiger partial charge in [-0.15, -0.1) is 0 Å². The summed E-state index contributed by atoms with van der Waals surface area (Å²) in [5.41, 5.74) is 0.734. The van der Waals surface area contributed by atoms with E-state index in [9.17, 15) is 9.59 Å². The van der Waals surface area contributed by atoms with Crippen molar-refractivity contribution in [3.8, 4) is 0 Å². The largest absolute Gasteiger partial charge is 0.376 e. The van der Waals surface area contributed by atoms with Gasteiger partial charge in [0.1, 0.15) is 0 Å². The van der Waals surface area contributed by atoms with E-state index in [0.717, 1.165) is 29.6 Å². The Kier molecular flexibility index (Phi) is 4.78. The Hall–Kier alpha value is -1.40. The molecule has 1 aromatic carbocycles. The Labute approximate surface area is 138 Å². The second kappa shape index (κ2) is 6.79. The Morgan fingerprint density at radius 3 is 2.95 bits per heavy atom. The van der Waals surface area contributed by atoms with Crippen LogP contribution >= 0.6 is 15.9 Å². The predicted octanol–water partition coefficient (Wildman–Crippen LogP) is 2.42. The summed E-state index contributed by atoms with van der Waals surface area (Å²) >= 11 is 3.41. The molecular formula is C16H19BrN2O3. The highest BCUT2D eigenvalue weighted by atomic mass is 79.9. The molecule has 5 nitrogen and oxygen atoms in total. The van der Waals surface area contributed by atoms with Gasteiger partial charge >= 0.3 is 0 Å². The minimum atomic E-state index is -0.291. The lowest BCUT2D eigenvalue weighted by Crippen LogP contribution is -2.34. The van der Waals surface area contributed by atoms with Crippen molar-refractivity contribution in [2.24, 2.45) is 5.92 Å². The number of carbonyl (C=O) groups excluding carboxylic acids is 2. The van der Waals surface area contributed by atoms with Gasteiger partial charge in [-0.1, -0.05) is 12.1 Å². The molecule has 1 N–H and O–H groups in total. The number of nitrogens with zero attached hydrogens (tertiary/aromatic N) is 1. The number of para-hydroxylation sites is 1. The minimum absolute atomic E-state index is 0.0442. The number of hydrogen-bond acceptors (Lipinski definition) is 3. The van der Waals surface area contributed by atoms with Gasteiger partial charge in [-0.2, -0.15) is 0 Å². The molecule has 2 aliphatic heterocycles. The van der Waals surface area contributed by atoms with Crippen molar-refractivity contribution in [2.75, 3.05) is 25.0 Å². The van der Waals surface area contributed by atoms with Crippen molar-refractivity contribution in [1.29, 1.82) is 0 Å². The summed E-state index contributed by atoms with van der Waals surface area (Å²) in [5, 5.41) is 2.89. The Balaban J connectivity index is 1.57. The first-order valence-corrected chi connectivity index (χ1v) is 8.37. The van der Waals surface area contributed by atoms with E-state index in [-0.39, 0.29) is 30.3 Å². The van der Waals surface area contributed by atoms with Crippen LogP contribution in [0.1, 0.15) is 19.3 Å². The molecule has 0 aromatic heterocycles. The molecule has 118 valence electrons. The molecule has 22 heavy (non-hydrogen) atoms. The maximum absolute atomic E-state index is 12.4. The zero-order valence-electron chi connectivity index (χ0n) is 12.3. The van der Waals surface area contributed by atoms with Crippen molar-refractivity contribution in [3.63, 3.8) is 0 Å². The van der Waals surface area contributed by atoms with Crippen LogP contribution in [-0.4, -0.2) is 42.5 Å². The summed E-state index contributed by atoms with van der Waals surface area (Å²) in [7, 11) is 0. The average molecular weight is 367 g/mol. The summed E-state index contributed by atoms with van der Waals surface area (Å²) in [4.78, 5) is 26.2. The molecule has 0 aliphatic carbocycles. The third-order valence-corrected chi connectivity index (χ3v) is 4.86. The molecule has 2 saturated heterocycles. The number of nitrogens with one attached hydrogen (secondary N) is 1. The highest BCUT2D eigenvalue weighted by molar-refractivity contribution is 9.10. The minimum Gasteiger partial charge on any atom is -0.376 e. The summed E-state index contributed by atoms with van der Waals surface area (Å²) in [6, 6.07) is 7.47. The first-order valence-electron chi connectivity index (χ1n) is 7.58. The standard InChI is InChI=1S/C16H19BrN2O3/c17-13-5-1-2-6-14(13)18-16(21)11-8-15(20)19(9-11)10-12-4-3-7-22-12/h1-2,5-6,11-12H,3-4,7-10H2,(H,18,21). The van der Waals surface area contributed by atoms with Crippen LogP contribution in [0.5, 0.6) is 0 Å². The van der Waals surface area contributed by atoms with Crippen LogP contribution in [0.15, 0.2) is 28.7 Å². The predicted molar refractivity (Wildman–Crippen MR) is 86.4 cm³/mol. The van der Waals surface area contributed by atoms with Gasteiger partial charge < -0.3 is 15.0 Å². The van der Waals surface area contributed by atoms with Gasteiger partial charge in [-0.25, -0.2) is 0 Å². The number of likely N-dealkylation sites (tertiary alicyclic amines) is 1. The van der Waals surface area contributed by atoms with Gasteiger partial charge in [-0.3, -0.25) is 9.59 Å². The molecule has 1 aromatic rings. The van der Waals surface area contributed by atoms with Crippen molar-refractivity contribution < 1.29 is 14.3 Å². The van der Waals surface area contributed by atoms with Gasteiger partial charge in [0.2, 0.25) is 11.8 Å². The lowest BCUT2D eigenvalue weighted by atomic mass is 10.1. The van der Waals surface area contributed by atoms with E-state index in [1.165, 1.54) is 0 Å². The van der Waals surface area contributed by atoms with Gasteiger partial charge in [0, 0.05) is 30.6 Å². The molecule has 0 spiro atoms. The first kappa shape index (κ1) is 15.5. The van der Waals surface area contributed by atoms with Crippen molar-refractivity contribution in [2.45, 2.75) is 25.4 Å². The average Bonchev–Trinajstić information content (AvgIpc) is 3.13. The van der Waals surface area contributed by atoms with E-state index in [2.05, 4.69) is 21.2 Å². The fraction of sp³-hybridized carbons (Fsp3) is 0.500. The monoisotopic (exact) mass is 366 g/mol. The van der Waals surface area contributed by atoms with E-state index in [0.29, 0.717) is 13.1 Å². The summed E-state index contributed by atoms with van der Waals surface area (Å²) in [6.45, 7) is 1.87. The van der Waals surface area contributed by atoms with Gasteiger partial charge in [0.25, 0.3) is 0 Å². The number of ether oxygens (including phenoxy) is 1. The Morgan fingerprint density at radius 2 is 2.23 bits per heavy atom. The SMILES string of the molecule is O=C(Nc1ccccc1Br)C1CC(=O)N(CC2CCCO2)C1. The van der Waals surface area contributed by atoms with Gasteiger partial charge in [0.15, 0.2) is 0 Å². The molecule has 3 rings (SSSR count). The number of benzene rings is 1. The van der Waals surface area contributed by atoms with Crippen molar-refractivity contribution in [3.05, 3.63) is 28.7 Å². The molecule has 6 heteroatoms. The molecule has 2 unspecified atom stereocenters. The normalized spacial score (nSPS) is 24.8. The lowest BCUT2D eigenvalue weighted by molar-refractivity contribution is -0.129. The van der Waals surface area contributed by atoms with Crippen LogP contribution in [0.2, 0.25) is 0 Å². The number of halogens is 1. The highest BCUT2D eigenvalue weighted by Crippen LogP contribution is 2.25. The van der Waals surface area contributed by atoms with Crippen LogP contribution in [0.3, 0.4) is 0 Å². The summed E-state index contributed by atoms with van der Waals surface area (Å²) < 4.78 is 6.41. The van der Waals surface area contributed by atoms with Crippen LogP contribution in [-0.2, 0) is 14.3 Å². The summed E-state index contributed by atoms with van der Waals surface area (Å²) in [6.07, 6.45) is 2.47. The highest BCUT2D eigenvalue weighted by Gasteiger charge is 2.36. The molecular weight excluding hydrogens is 348 g/mol. The Bertz CT molecular complexity index is 572. The van der Waals surface area contributed by atoms with E-state index in [4.69, 9.17) is 4.74 Å². The number of hydrogen-bond donors (Lipinski definition) is 1. The fourth-order valence-corrected chi connectivity index (χ4v) is 3.34. The van der Waals surface area contributed by atoms with Crippen molar-refractivity contribution >= 4 is 33.4 Å². The second-order valence-electron chi connectivity index (χ2n) is 5.80. The topological polar surface area (TPSA) is 58.6 Å². The molecule has 2 atom stereocenters. The molecule has 0 saturated carbocycles.